The van der Waals surface area contributed by atoms with Crippen LogP contribution in [0, 0.1) is 6.92 Å². The lowest BCUT2D eigenvalue weighted by Gasteiger charge is -2.49. The van der Waals surface area contributed by atoms with Gasteiger partial charge in [-0.25, -0.2) is 0 Å². The van der Waals surface area contributed by atoms with Gasteiger partial charge in [-0.3, -0.25) is 0 Å². The summed E-state index contributed by atoms with van der Waals surface area (Å²) in [6.07, 6.45) is 0. The van der Waals surface area contributed by atoms with Crippen LogP contribution in [-0.2, 0) is 0 Å². The fourth-order valence-electron chi connectivity index (χ4n) is 7.18. The summed E-state index contributed by atoms with van der Waals surface area (Å²) in [5.74, 6) is 0. The molecule has 0 unspecified atom stereocenters. The van der Waals surface area contributed by atoms with Crippen molar-refractivity contribution in [3.8, 4) is 33.4 Å². The van der Waals surface area contributed by atoms with Gasteiger partial charge in [0.1, 0.15) is 0 Å². The fourth-order valence-corrected chi connectivity index (χ4v) is 7.18. The van der Waals surface area contributed by atoms with E-state index < -0.39 is 0 Å². The van der Waals surface area contributed by atoms with Crippen molar-refractivity contribution >= 4 is 46.2 Å². The molecule has 3 heteroatoms. The number of hydrogen-bond donors (Lipinski definition) is 0. The molecule has 40 heavy (non-hydrogen) atoms. The van der Waals surface area contributed by atoms with Crippen LogP contribution >= 0.6 is 0 Å². The summed E-state index contributed by atoms with van der Waals surface area (Å²) in [4.78, 5) is 5.08. The maximum Gasteiger partial charge on any atom is 0.333 e. The van der Waals surface area contributed by atoms with Gasteiger partial charge in [0.15, 0.2) is 0 Å². The summed E-state index contributed by atoms with van der Waals surface area (Å²) < 4.78 is 0. The highest BCUT2D eigenvalue weighted by Gasteiger charge is 2.48. The van der Waals surface area contributed by atoms with Crippen molar-refractivity contribution in [1.82, 2.24) is 0 Å². The lowest BCUT2D eigenvalue weighted by Crippen LogP contribution is -2.63. The lowest BCUT2D eigenvalue weighted by atomic mass is 9.41. The minimum atomic E-state index is 0.127. The Bertz CT molecular complexity index is 1980. The number of hydrogen-bond acceptors (Lipinski definition) is 2. The summed E-state index contributed by atoms with van der Waals surface area (Å²) in [5, 5.41) is 0. The van der Waals surface area contributed by atoms with E-state index >= 15 is 0 Å². The smallest absolute Gasteiger partial charge is 0.333 e. The van der Waals surface area contributed by atoms with Gasteiger partial charge in [0.05, 0.1) is 0 Å². The number of aryl methyl sites for hydroxylation is 1. The number of para-hydroxylation sites is 1. The molecule has 6 aromatic carbocycles. The van der Waals surface area contributed by atoms with Crippen LogP contribution in [-0.4, -0.2) is 6.85 Å². The van der Waals surface area contributed by atoms with E-state index in [-0.39, 0.29) is 6.85 Å². The monoisotopic (exact) mass is 508 g/mol. The van der Waals surface area contributed by atoms with Crippen molar-refractivity contribution < 1.29 is 0 Å². The van der Waals surface area contributed by atoms with Gasteiger partial charge in [-0.15, -0.1) is 0 Å². The topological polar surface area (TPSA) is 6.48 Å². The molecule has 0 bridgehead atoms. The maximum absolute atomic E-state index is 2.59. The van der Waals surface area contributed by atoms with Crippen LogP contribution in [0.5, 0.6) is 0 Å². The highest BCUT2D eigenvalue weighted by Crippen LogP contribution is 2.51. The van der Waals surface area contributed by atoms with Gasteiger partial charge in [-0.1, -0.05) is 96.6 Å². The SMILES string of the molecule is Cc1ccc2c(c1)-c1cccc3c1B1c4c(cccc4N3c3ccc(-c4ccccc4)cc3)-c3ccccc3N12. The molecule has 0 spiro atoms. The van der Waals surface area contributed by atoms with Crippen molar-refractivity contribution in [3.63, 3.8) is 0 Å². The van der Waals surface area contributed by atoms with E-state index in [1.54, 1.807) is 0 Å². The molecule has 0 fully saturated rings. The van der Waals surface area contributed by atoms with Gasteiger partial charge in [0, 0.05) is 39.6 Å². The molecular formula is C37H25BN2. The minimum absolute atomic E-state index is 0.127. The third kappa shape index (κ3) is 2.84. The first-order valence-electron chi connectivity index (χ1n) is 14.0. The van der Waals surface area contributed by atoms with Gasteiger partial charge >= 0.3 is 6.85 Å². The first-order valence-corrected chi connectivity index (χ1v) is 14.0. The van der Waals surface area contributed by atoms with Gasteiger partial charge in [0.25, 0.3) is 0 Å². The average Bonchev–Trinajstić information content (AvgIpc) is 3.02. The summed E-state index contributed by atoms with van der Waals surface area (Å²) in [5.41, 5.74) is 18.1. The third-order valence-electron chi connectivity index (χ3n) is 8.84. The zero-order valence-electron chi connectivity index (χ0n) is 22.2. The quantitative estimate of drug-likeness (QED) is 0.217. The van der Waals surface area contributed by atoms with Gasteiger partial charge in [-0.2, -0.15) is 0 Å². The van der Waals surface area contributed by atoms with E-state index in [1.165, 1.54) is 78.3 Å². The van der Waals surface area contributed by atoms with Crippen LogP contribution in [0.15, 0.2) is 133 Å². The maximum atomic E-state index is 2.59. The van der Waals surface area contributed by atoms with Crippen LogP contribution in [0.3, 0.4) is 0 Å². The number of fused-ring (bicyclic) bond motifs is 6. The first kappa shape index (κ1) is 21.9. The second kappa shape index (κ2) is 8.00. The molecule has 0 radical (unpaired) electrons. The Labute approximate surface area is 234 Å². The van der Waals surface area contributed by atoms with Crippen molar-refractivity contribution in [1.29, 1.82) is 0 Å². The number of benzene rings is 6. The molecule has 0 aromatic heterocycles. The third-order valence-corrected chi connectivity index (χ3v) is 8.84. The second-order valence-electron chi connectivity index (χ2n) is 11.0. The summed E-state index contributed by atoms with van der Waals surface area (Å²) in [6, 6.07) is 49.2. The predicted molar refractivity (Wildman–Crippen MR) is 169 cm³/mol. The normalized spacial score (nSPS) is 13.5. The molecule has 3 heterocycles. The summed E-state index contributed by atoms with van der Waals surface area (Å²) in [7, 11) is 0. The van der Waals surface area contributed by atoms with E-state index in [0.717, 1.165) is 0 Å². The van der Waals surface area contributed by atoms with Crippen molar-refractivity contribution in [3.05, 3.63) is 139 Å². The second-order valence-corrected chi connectivity index (χ2v) is 11.0. The first-order chi connectivity index (χ1) is 19.8. The number of anilines is 5. The molecule has 2 nitrogen and oxygen atoms in total. The molecule has 186 valence electrons. The molecule has 3 aliphatic heterocycles. The molecule has 0 amide bonds. The largest absolute Gasteiger partial charge is 0.376 e. The van der Waals surface area contributed by atoms with Crippen LogP contribution in [0.2, 0.25) is 0 Å². The standard InChI is InChI=1S/C37H25BN2/c1-24-17-22-33-31(23-24)30-13-8-16-35-37(30)38-36-29(28-11-5-6-14-32(28)40(33)38)12-7-15-34(36)39(35)27-20-18-26(19-21-27)25-9-3-2-4-10-25/h2-23H,1H3. The Kier molecular flexibility index (Phi) is 4.37. The Balaban J connectivity index is 1.35. The molecule has 9 rings (SSSR count). The molecule has 0 atom stereocenters. The molecular weight excluding hydrogens is 483 g/mol. The van der Waals surface area contributed by atoms with Crippen LogP contribution in [0.1, 0.15) is 5.56 Å². The van der Waals surface area contributed by atoms with Crippen LogP contribution < -0.4 is 20.6 Å². The molecule has 0 N–H and O–H groups in total. The number of rotatable bonds is 2. The van der Waals surface area contributed by atoms with Gasteiger partial charge in [0.2, 0.25) is 0 Å². The Morgan fingerprint density at radius 2 is 1.02 bits per heavy atom. The Hall–Kier alpha value is -5.02. The van der Waals surface area contributed by atoms with E-state index in [9.17, 15) is 0 Å². The molecule has 0 saturated heterocycles. The number of nitrogens with zero attached hydrogens (tertiary/aromatic N) is 2. The fraction of sp³-hybridized carbons (Fsp3) is 0.0270. The van der Waals surface area contributed by atoms with Crippen molar-refractivity contribution in [2.24, 2.45) is 0 Å². The molecule has 0 saturated carbocycles. The molecule has 3 aliphatic rings. The van der Waals surface area contributed by atoms with E-state index in [1.807, 2.05) is 0 Å². The van der Waals surface area contributed by atoms with E-state index in [4.69, 9.17) is 0 Å². The molecule has 6 aromatic rings. The Morgan fingerprint density at radius 3 is 1.77 bits per heavy atom. The van der Waals surface area contributed by atoms with Gasteiger partial charge < -0.3 is 9.71 Å². The highest BCUT2D eigenvalue weighted by atomic mass is 15.2. The lowest BCUT2D eigenvalue weighted by molar-refractivity contribution is 1.26. The Morgan fingerprint density at radius 1 is 0.450 bits per heavy atom. The summed E-state index contributed by atoms with van der Waals surface area (Å²) in [6.45, 7) is 2.32. The molecule has 0 aliphatic carbocycles. The zero-order chi connectivity index (χ0) is 26.4. The zero-order valence-corrected chi connectivity index (χ0v) is 22.2. The summed E-state index contributed by atoms with van der Waals surface area (Å²) >= 11 is 0. The van der Waals surface area contributed by atoms with E-state index in [2.05, 4.69) is 150 Å². The van der Waals surface area contributed by atoms with Crippen molar-refractivity contribution in [2.75, 3.05) is 9.71 Å². The average molecular weight is 508 g/mol. The highest BCUT2D eigenvalue weighted by molar-refractivity contribution is 6.95. The predicted octanol–water partition coefficient (Wildman–Crippen LogP) is 8.35. The van der Waals surface area contributed by atoms with Crippen molar-refractivity contribution in [2.45, 2.75) is 6.92 Å². The van der Waals surface area contributed by atoms with Gasteiger partial charge in [-0.05, 0) is 82.6 Å². The van der Waals surface area contributed by atoms with E-state index in [0.29, 0.717) is 0 Å². The van der Waals surface area contributed by atoms with Crippen LogP contribution in [0.4, 0.5) is 28.4 Å². The van der Waals surface area contributed by atoms with Crippen LogP contribution in [0.25, 0.3) is 33.4 Å². The minimum Gasteiger partial charge on any atom is -0.376 e.